The van der Waals surface area contributed by atoms with Crippen LogP contribution in [0.3, 0.4) is 0 Å². The van der Waals surface area contributed by atoms with E-state index in [2.05, 4.69) is 98.4 Å². The quantitative estimate of drug-likeness (QED) is 0.162. The van der Waals surface area contributed by atoms with E-state index in [1.165, 1.54) is 11.1 Å². The molecule has 7 nitrogen and oxygen atoms in total. The zero-order valence-corrected chi connectivity index (χ0v) is 26.5. The minimum Gasteiger partial charge on any atom is -0.387 e. The van der Waals surface area contributed by atoms with Crippen LogP contribution in [0.15, 0.2) is 111 Å². The van der Waals surface area contributed by atoms with Gasteiger partial charge in [0.2, 0.25) is 0 Å². The molecule has 0 fully saturated rings. The highest BCUT2D eigenvalue weighted by molar-refractivity contribution is 6.14. The maximum Gasteiger partial charge on any atom is 0.147 e. The van der Waals surface area contributed by atoms with E-state index in [9.17, 15) is 0 Å². The Kier molecular flexibility index (Phi) is 7.58. The number of aromatic nitrogens is 5. The number of allylic oxidation sites excluding steroid dienone is 3. The van der Waals surface area contributed by atoms with Crippen molar-refractivity contribution in [2.24, 2.45) is 0 Å². The van der Waals surface area contributed by atoms with Gasteiger partial charge in [-0.3, -0.25) is 14.5 Å². The maximum atomic E-state index is 5.18. The van der Waals surface area contributed by atoms with Crippen LogP contribution in [0, 0.1) is 0 Å². The highest BCUT2D eigenvalue weighted by Gasteiger charge is 2.27. The number of anilines is 1. The molecule has 0 spiro atoms. The highest BCUT2D eigenvalue weighted by atomic mass is 15.1. The SMILES string of the molecule is C=Cc1c(NC)c2cnc3c(c4c(n3-c3cccc(-c5cccnc5)c3)C=CNC4)c2n1/C(=C/C(=C)C)CC(C)c1cccnc1. The summed E-state index contributed by atoms with van der Waals surface area (Å²) in [6.07, 6.45) is 18.6. The lowest BCUT2D eigenvalue weighted by atomic mass is 9.96. The average Bonchev–Trinajstić information content (AvgIpc) is 3.61. The lowest BCUT2D eigenvalue weighted by Gasteiger charge is -2.19. The van der Waals surface area contributed by atoms with E-state index in [1.807, 2.05) is 63.2 Å². The van der Waals surface area contributed by atoms with E-state index in [1.54, 1.807) is 6.20 Å². The molecule has 1 unspecified atom stereocenters. The van der Waals surface area contributed by atoms with Gasteiger partial charge in [0.25, 0.3) is 0 Å². The molecule has 0 radical (unpaired) electrons. The van der Waals surface area contributed by atoms with Gasteiger partial charge in [-0.2, -0.15) is 0 Å². The number of hydrogen-bond donors (Lipinski definition) is 2. The minimum atomic E-state index is 0.225. The van der Waals surface area contributed by atoms with Crippen molar-refractivity contribution in [1.29, 1.82) is 0 Å². The summed E-state index contributed by atoms with van der Waals surface area (Å²) in [5.41, 5.74) is 12.9. The van der Waals surface area contributed by atoms with E-state index in [-0.39, 0.29) is 5.92 Å². The first kappa shape index (κ1) is 29.0. The molecule has 0 amide bonds. The standard InChI is InChI=1S/C39H37N7/c1-6-34-37(40-5)33-24-44-39-36(38(33)45(34)31(18-25(2)3)19-26(4)28-11-8-15-41-21-28)32-23-43-17-14-35(32)46(39)30-13-7-10-27(20-30)29-12-9-16-42-22-29/h6-18,20-22,24,26,40,43H,1-2,19,23H2,3-5H3/b31-18+. The number of nitrogens with zero attached hydrogens (tertiary/aromatic N) is 5. The van der Waals surface area contributed by atoms with Gasteiger partial charge >= 0.3 is 0 Å². The first-order chi connectivity index (χ1) is 22.5. The molecule has 228 valence electrons. The third-order valence-corrected chi connectivity index (χ3v) is 8.73. The first-order valence-electron chi connectivity index (χ1n) is 15.6. The Bertz CT molecular complexity index is 2160. The van der Waals surface area contributed by atoms with E-state index in [0.29, 0.717) is 6.54 Å². The van der Waals surface area contributed by atoms with Crippen LogP contribution in [0.2, 0.25) is 0 Å². The third kappa shape index (κ3) is 4.90. The number of rotatable bonds is 9. The Hall–Kier alpha value is -5.69. The molecule has 0 bridgehead atoms. The molecule has 46 heavy (non-hydrogen) atoms. The van der Waals surface area contributed by atoms with Crippen molar-refractivity contribution in [2.45, 2.75) is 32.7 Å². The van der Waals surface area contributed by atoms with Crippen molar-refractivity contribution in [1.82, 2.24) is 29.4 Å². The maximum absolute atomic E-state index is 5.18. The van der Waals surface area contributed by atoms with Crippen molar-refractivity contribution in [3.8, 4) is 16.8 Å². The second-order valence-electron chi connectivity index (χ2n) is 11.8. The van der Waals surface area contributed by atoms with Crippen molar-refractivity contribution in [2.75, 3.05) is 12.4 Å². The average molecular weight is 604 g/mol. The van der Waals surface area contributed by atoms with Gasteiger partial charge in [-0.15, -0.1) is 0 Å². The van der Waals surface area contributed by atoms with Gasteiger partial charge in [-0.05, 0) is 79.1 Å². The largest absolute Gasteiger partial charge is 0.387 e. The lowest BCUT2D eigenvalue weighted by molar-refractivity contribution is 0.763. The Morgan fingerprint density at radius 1 is 1.07 bits per heavy atom. The fraction of sp³-hybridized carbons (Fsp3) is 0.154. The zero-order valence-electron chi connectivity index (χ0n) is 26.5. The molecular formula is C39H37N7. The van der Waals surface area contributed by atoms with Crippen LogP contribution in [-0.2, 0) is 6.54 Å². The highest BCUT2D eigenvalue weighted by Crippen LogP contribution is 2.43. The molecule has 7 rings (SSSR count). The molecule has 1 aromatic carbocycles. The monoisotopic (exact) mass is 603 g/mol. The van der Waals surface area contributed by atoms with E-state index < -0.39 is 0 Å². The Morgan fingerprint density at radius 2 is 1.87 bits per heavy atom. The predicted octanol–water partition coefficient (Wildman–Crippen LogP) is 8.81. The molecule has 1 aliphatic heterocycles. The summed E-state index contributed by atoms with van der Waals surface area (Å²) >= 11 is 0. The van der Waals surface area contributed by atoms with E-state index in [0.717, 1.165) is 73.5 Å². The van der Waals surface area contributed by atoms with Gasteiger partial charge in [-0.1, -0.05) is 49.9 Å². The van der Waals surface area contributed by atoms with Gasteiger partial charge in [-0.25, -0.2) is 4.98 Å². The van der Waals surface area contributed by atoms with Crippen molar-refractivity contribution in [3.05, 3.63) is 133 Å². The molecule has 1 atom stereocenters. The summed E-state index contributed by atoms with van der Waals surface area (Å²) in [7, 11) is 1.96. The molecule has 0 saturated heterocycles. The fourth-order valence-corrected chi connectivity index (χ4v) is 6.73. The summed E-state index contributed by atoms with van der Waals surface area (Å²) in [6, 6.07) is 16.8. The molecular weight excluding hydrogens is 566 g/mol. The lowest BCUT2D eigenvalue weighted by Crippen LogP contribution is -2.11. The first-order valence-corrected chi connectivity index (χ1v) is 15.6. The number of benzene rings is 1. The summed E-state index contributed by atoms with van der Waals surface area (Å²) in [4.78, 5) is 13.9. The molecule has 2 N–H and O–H groups in total. The Labute approximate surface area is 269 Å². The van der Waals surface area contributed by atoms with Gasteiger partial charge in [0.15, 0.2) is 0 Å². The van der Waals surface area contributed by atoms with Gasteiger partial charge < -0.3 is 15.2 Å². The van der Waals surface area contributed by atoms with Gasteiger partial charge in [0, 0.05) is 77.9 Å². The number of pyridine rings is 3. The summed E-state index contributed by atoms with van der Waals surface area (Å²) < 4.78 is 4.65. The Morgan fingerprint density at radius 3 is 2.59 bits per heavy atom. The smallest absolute Gasteiger partial charge is 0.147 e. The molecule has 1 aliphatic rings. The van der Waals surface area contributed by atoms with Crippen molar-refractivity contribution in [3.63, 3.8) is 0 Å². The molecule has 5 aromatic heterocycles. The fourth-order valence-electron chi connectivity index (χ4n) is 6.73. The van der Waals surface area contributed by atoms with Gasteiger partial charge in [0.1, 0.15) is 5.65 Å². The van der Waals surface area contributed by atoms with Crippen LogP contribution in [0.5, 0.6) is 0 Å². The van der Waals surface area contributed by atoms with Crippen LogP contribution < -0.4 is 10.6 Å². The third-order valence-electron chi connectivity index (χ3n) is 8.73. The number of fused-ring (bicyclic) bond motifs is 5. The molecule has 0 aliphatic carbocycles. The van der Waals surface area contributed by atoms with Crippen LogP contribution in [-0.4, -0.2) is 31.1 Å². The van der Waals surface area contributed by atoms with Crippen LogP contribution in [0.4, 0.5) is 5.69 Å². The summed E-state index contributed by atoms with van der Waals surface area (Å²) in [5, 5.41) is 9.11. The second kappa shape index (κ2) is 12.0. The predicted molar refractivity (Wildman–Crippen MR) is 192 cm³/mol. The van der Waals surface area contributed by atoms with Crippen molar-refractivity contribution < 1.29 is 0 Å². The Balaban J connectivity index is 1.53. The van der Waals surface area contributed by atoms with Crippen molar-refractivity contribution >= 4 is 45.5 Å². The van der Waals surface area contributed by atoms with Crippen LogP contribution in [0.25, 0.3) is 56.6 Å². The minimum absolute atomic E-state index is 0.225. The topological polar surface area (TPSA) is 72.6 Å². The zero-order chi connectivity index (χ0) is 31.8. The molecule has 6 aromatic rings. The molecule has 6 heterocycles. The van der Waals surface area contributed by atoms with E-state index >= 15 is 0 Å². The molecule has 0 saturated carbocycles. The normalized spacial score (nSPS) is 13.4. The summed E-state index contributed by atoms with van der Waals surface area (Å²) in [5.74, 6) is 0.225. The summed E-state index contributed by atoms with van der Waals surface area (Å²) in [6.45, 7) is 13.6. The molecule has 7 heteroatoms. The second-order valence-corrected chi connectivity index (χ2v) is 11.8. The number of hydrogen-bond acceptors (Lipinski definition) is 5. The number of nitrogens with one attached hydrogen (secondary N) is 2. The van der Waals surface area contributed by atoms with Gasteiger partial charge in [0.05, 0.1) is 22.6 Å². The van der Waals surface area contributed by atoms with Crippen LogP contribution in [0.1, 0.15) is 48.7 Å². The van der Waals surface area contributed by atoms with E-state index in [4.69, 9.17) is 4.98 Å². The van der Waals surface area contributed by atoms with Crippen LogP contribution >= 0.6 is 0 Å².